The average molecular weight is 462 g/mol. The molecule has 0 radical (unpaired) electrons. The number of para-hydroxylation sites is 1. The van der Waals surface area contributed by atoms with Crippen LogP contribution in [0.2, 0.25) is 0 Å². The summed E-state index contributed by atoms with van der Waals surface area (Å²) in [5, 5.41) is 7.39. The SMILES string of the molecule is O=C1COCCN1c1ccc(NCc2cn(Cc3cccc4ccccc34)c3ccccc23)cc1. The highest BCUT2D eigenvalue weighted by Gasteiger charge is 2.20. The molecule has 0 unspecified atom stereocenters. The maximum Gasteiger partial charge on any atom is 0.253 e. The van der Waals surface area contributed by atoms with Crippen molar-refractivity contribution >= 4 is 39.0 Å². The lowest BCUT2D eigenvalue weighted by Crippen LogP contribution is -2.41. The van der Waals surface area contributed by atoms with Crippen molar-refractivity contribution < 1.29 is 9.53 Å². The van der Waals surface area contributed by atoms with Crippen LogP contribution in [0.15, 0.2) is 97.2 Å². The maximum absolute atomic E-state index is 12.1. The van der Waals surface area contributed by atoms with E-state index in [0.29, 0.717) is 13.2 Å². The van der Waals surface area contributed by atoms with E-state index in [-0.39, 0.29) is 12.5 Å². The summed E-state index contributed by atoms with van der Waals surface area (Å²) in [6.07, 6.45) is 2.26. The quantitative estimate of drug-likeness (QED) is 0.347. The van der Waals surface area contributed by atoms with E-state index in [2.05, 4.69) is 82.8 Å². The van der Waals surface area contributed by atoms with Gasteiger partial charge in [-0.2, -0.15) is 0 Å². The molecule has 35 heavy (non-hydrogen) atoms. The number of carbonyl (C=O) groups is 1. The lowest BCUT2D eigenvalue weighted by Gasteiger charge is -2.27. The second kappa shape index (κ2) is 9.28. The zero-order valence-corrected chi connectivity index (χ0v) is 19.5. The molecule has 2 heterocycles. The highest BCUT2D eigenvalue weighted by atomic mass is 16.5. The molecule has 0 aliphatic carbocycles. The first-order valence-electron chi connectivity index (χ1n) is 12.0. The van der Waals surface area contributed by atoms with Crippen molar-refractivity contribution in [2.24, 2.45) is 0 Å². The highest BCUT2D eigenvalue weighted by Crippen LogP contribution is 2.26. The van der Waals surface area contributed by atoms with Crippen molar-refractivity contribution in [3.63, 3.8) is 0 Å². The van der Waals surface area contributed by atoms with Crippen LogP contribution in [0.3, 0.4) is 0 Å². The molecule has 1 aliphatic rings. The molecular weight excluding hydrogens is 434 g/mol. The number of benzene rings is 4. The van der Waals surface area contributed by atoms with Gasteiger partial charge >= 0.3 is 0 Å². The zero-order chi connectivity index (χ0) is 23.6. The van der Waals surface area contributed by atoms with Crippen LogP contribution in [0.25, 0.3) is 21.7 Å². The molecule has 0 saturated carbocycles. The molecule has 1 amide bonds. The monoisotopic (exact) mass is 461 g/mol. The van der Waals surface area contributed by atoms with Crippen molar-refractivity contribution in [3.05, 3.63) is 108 Å². The predicted molar refractivity (Wildman–Crippen MR) is 142 cm³/mol. The number of carbonyl (C=O) groups excluding carboxylic acids is 1. The smallest absolute Gasteiger partial charge is 0.253 e. The van der Waals surface area contributed by atoms with Gasteiger partial charge in [-0.15, -0.1) is 0 Å². The fourth-order valence-corrected chi connectivity index (χ4v) is 4.96. The number of rotatable bonds is 6. The van der Waals surface area contributed by atoms with E-state index in [1.807, 2.05) is 24.3 Å². The summed E-state index contributed by atoms with van der Waals surface area (Å²) in [6, 6.07) is 31.7. The molecule has 5 nitrogen and oxygen atoms in total. The van der Waals surface area contributed by atoms with Gasteiger partial charge in [-0.05, 0) is 52.2 Å². The molecule has 4 aromatic carbocycles. The molecule has 1 aromatic heterocycles. The molecule has 0 bridgehead atoms. The molecule has 6 rings (SSSR count). The number of anilines is 2. The number of nitrogens with one attached hydrogen (secondary N) is 1. The molecule has 0 spiro atoms. The molecule has 1 aliphatic heterocycles. The van der Waals surface area contributed by atoms with Crippen LogP contribution in [0.1, 0.15) is 11.1 Å². The number of ether oxygens (including phenoxy) is 1. The number of morpholine rings is 1. The Bertz CT molecular complexity index is 1500. The van der Waals surface area contributed by atoms with E-state index in [4.69, 9.17) is 4.74 Å². The predicted octanol–water partition coefficient (Wildman–Crippen LogP) is 5.82. The van der Waals surface area contributed by atoms with Gasteiger partial charge < -0.3 is 19.5 Å². The van der Waals surface area contributed by atoms with E-state index >= 15 is 0 Å². The molecule has 174 valence electrons. The minimum Gasteiger partial charge on any atom is -0.381 e. The maximum atomic E-state index is 12.1. The van der Waals surface area contributed by atoms with Crippen molar-refractivity contribution in [1.29, 1.82) is 0 Å². The Labute approximate surface area is 204 Å². The zero-order valence-electron chi connectivity index (χ0n) is 19.5. The molecule has 0 atom stereocenters. The summed E-state index contributed by atoms with van der Waals surface area (Å²) < 4.78 is 7.58. The first-order valence-corrected chi connectivity index (χ1v) is 12.0. The van der Waals surface area contributed by atoms with Crippen LogP contribution in [0, 0.1) is 0 Å². The van der Waals surface area contributed by atoms with Crippen molar-refractivity contribution in [2.75, 3.05) is 30.0 Å². The largest absolute Gasteiger partial charge is 0.381 e. The molecule has 1 fully saturated rings. The summed E-state index contributed by atoms with van der Waals surface area (Å²) in [6.45, 7) is 2.88. The summed E-state index contributed by atoms with van der Waals surface area (Å²) in [7, 11) is 0. The van der Waals surface area contributed by atoms with Gasteiger partial charge in [0.1, 0.15) is 6.61 Å². The third-order valence-electron chi connectivity index (χ3n) is 6.74. The van der Waals surface area contributed by atoms with E-state index in [1.54, 1.807) is 4.90 Å². The van der Waals surface area contributed by atoms with Crippen molar-refractivity contribution in [2.45, 2.75) is 13.1 Å². The molecule has 5 heteroatoms. The lowest BCUT2D eigenvalue weighted by molar-refractivity contribution is -0.125. The fraction of sp³-hybridized carbons (Fsp3) is 0.167. The summed E-state index contributed by atoms with van der Waals surface area (Å²) in [5.41, 5.74) is 5.75. The van der Waals surface area contributed by atoms with Gasteiger partial charge in [-0.25, -0.2) is 0 Å². The van der Waals surface area contributed by atoms with Crippen LogP contribution in [-0.4, -0.2) is 30.2 Å². The molecule has 5 aromatic rings. The van der Waals surface area contributed by atoms with Crippen molar-refractivity contribution in [3.8, 4) is 0 Å². The van der Waals surface area contributed by atoms with Crippen molar-refractivity contribution in [1.82, 2.24) is 4.57 Å². The minimum absolute atomic E-state index is 0.0102. The van der Waals surface area contributed by atoms with Crippen LogP contribution in [0.4, 0.5) is 11.4 Å². The first-order chi connectivity index (χ1) is 17.3. The molecule has 1 saturated heterocycles. The van der Waals surface area contributed by atoms with Crippen LogP contribution in [0.5, 0.6) is 0 Å². The van der Waals surface area contributed by atoms with Gasteiger partial charge in [0, 0.05) is 48.1 Å². The Morgan fingerprint density at radius 1 is 0.800 bits per heavy atom. The molecular formula is C30H27N3O2. The van der Waals surface area contributed by atoms with E-state index in [0.717, 1.165) is 24.5 Å². The standard InChI is InChI=1S/C30H27N3O2/c34-30-21-35-17-16-33(30)26-14-12-25(13-15-26)31-18-24-20-32(29-11-4-3-10-28(24)29)19-23-8-5-7-22-6-1-2-9-27(22)23/h1-15,20,31H,16-19,21H2. The number of amides is 1. The number of hydrogen-bond acceptors (Lipinski definition) is 3. The summed E-state index contributed by atoms with van der Waals surface area (Å²) in [5.74, 6) is 0.0102. The van der Waals surface area contributed by atoms with E-state index in [1.165, 1.54) is 32.8 Å². The number of hydrogen-bond donors (Lipinski definition) is 1. The topological polar surface area (TPSA) is 46.5 Å². The fourth-order valence-electron chi connectivity index (χ4n) is 4.96. The van der Waals surface area contributed by atoms with Gasteiger partial charge in [0.05, 0.1) is 6.61 Å². The Balaban J connectivity index is 1.23. The lowest BCUT2D eigenvalue weighted by atomic mass is 10.0. The van der Waals surface area contributed by atoms with Gasteiger partial charge in [-0.1, -0.05) is 60.7 Å². The van der Waals surface area contributed by atoms with Crippen LogP contribution >= 0.6 is 0 Å². The Kier molecular flexibility index (Phi) is 5.68. The van der Waals surface area contributed by atoms with Gasteiger partial charge in [-0.3, -0.25) is 4.79 Å². The Morgan fingerprint density at radius 3 is 2.43 bits per heavy atom. The Morgan fingerprint density at radius 2 is 1.57 bits per heavy atom. The minimum atomic E-state index is 0.0102. The Hall–Kier alpha value is -4.09. The second-order valence-corrected chi connectivity index (χ2v) is 8.94. The first kappa shape index (κ1) is 21.4. The van der Waals surface area contributed by atoms with Gasteiger partial charge in [0.25, 0.3) is 5.91 Å². The number of aromatic nitrogens is 1. The number of nitrogens with zero attached hydrogens (tertiary/aromatic N) is 2. The third-order valence-corrected chi connectivity index (χ3v) is 6.74. The van der Waals surface area contributed by atoms with Crippen LogP contribution in [-0.2, 0) is 22.6 Å². The van der Waals surface area contributed by atoms with E-state index in [9.17, 15) is 4.79 Å². The van der Waals surface area contributed by atoms with Crippen LogP contribution < -0.4 is 10.2 Å². The summed E-state index contributed by atoms with van der Waals surface area (Å²) in [4.78, 5) is 13.9. The molecule has 1 N–H and O–H groups in total. The second-order valence-electron chi connectivity index (χ2n) is 8.94. The normalized spacial score (nSPS) is 14.1. The third kappa shape index (κ3) is 4.27. The van der Waals surface area contributed by atoms with Gasteiger partial charge in [0.15, 0.2) is 0 Å². The number of fused-ring (bicyclic) bond motifs is 2. The van der Waals surface area contributed by atoms with Gasteiger partial charge in [0.2, 0.25) is 0 Å². The van der Waals surface area contributed by atoms with E-state index < -0.39 is 0 Å². The summed E-state index contributed by atoms with van der Waals surface area (Å²) >= 11 is 0. The highest BCUT2D eigenvalue weighted by molar-refractivity contribution is 5.95. The average Bonchev–Trinajstić information content (AvgIpc) is 3.26.